The third-order valence-corrected chi connectivity index (χ3v) is 11.2. The maximum atomic E-state index is 11.5. The molecule has 5 aromatic rings. The smallest absolute Gasteiger partial charge is 0.307 e. The van der Waals surface area contributed by atoms with Crippen LogP contribution in [0.3, 0.4) is 0 Å². The first-order chi connectivity index (χ1) is 16.4. The number of aliphatic carboxylic acids is 2. The van der Waals surface area contributed by atoms with Crippen molar-refractivity contribution in [1.82, 2.24) is 0 Å². The van der Waals surface area contributed by atoms with Crippen LogP contribution in [0.1, 0.15) is 16.7 Å². The Morgan fingerprint density at radius 1 is 0.706 bits per heavy atom. The third kappa shape index (κ3) is 4.80. The zero-order chi connectivity index (χ0) is 23.8. The summed E-state index contributed by atoms with van der Waals surface area (Å²) in [4.78, 5) is 31.4. The first-order valence-electron chi connectivity index (χ1n) is 10.3. The second kappa shape index (κ2) is 9.59. The molecule has 172 valence electrons. The van der Waals surface area contributed by atoms with Gasteiger partial charge >= 0.3 is 11.9 Å². The van der Waals surface area contributed by atoms with Gasteiger partial charge in [0.05, 0.1) is 12.8 Å². The van der Waals surface area contributed by atoms with E-state index in [1.807, 2.05) is 41.8 Å². The summed E-state index contributed by atoms with van der Waals surface area (Å²) in [7, 11) is 0. The molecule has 2 N–H and O–H groups in total. The van der Waals surface area contributed by atoms with Crippen LogP contribution in [0.15, 0.2) is 53.2 Å². The Morgan fingerprint density at radius 3 is 1.76 bits per heavy atom. The van der Waals surface area contributed by atoms with Gasteiger partial charge in [0.2, 0.25) is 0 Å². The zero-order valence-corrected chi connectivity index (χ0v) is 21.9. The Hall–Kier alpha value is -2.56. The minimum atomic E-state index is -0.855. The molecule has 0 bridgehead atoms. The van der Waals surface area contributed by atoms with E-state index in [0.717, 1.165) is 50.1 Å². The van der Waals surface area contributed by atoms with Crippen molar-refractivity contribution in [3.63, 3.8) is 0 Å². The monoisotopic (exact) mass is 542 g/mol. The van der Waals surface area contributed by atoms with Gasteiger partial charge in [0.25, 0.3) is 0 Å². The van der Waals surface area contributed by atoms with Crippen LogP contribution in [0.25, 0.3) is 39.0 Å². The van der Waals surface area contributed by atoms with E-state index in [2.05, 4.69) is 18.4 Å². The van der Waals surface area contributed by atoms with Gasteiger partial charge in [-0.15, -0.1) is 56.7 Å². The Kier molecular flexibility index (Phi) is 6.54. The highest BCUT2D eigenvalue weighted by Gasteiger charge is 2.20. The minimum Gasteiger partial charge on any atom is -0.481 e. The fourth-order valence-corrected chi connectivity index (χ4v) is 9.14. The van der Waals surface area contributed by atoms with Crippen molar-refractivity contribution in [3.05, 3.63) is 69.9 Å². The van der Waals surface area contributed by atoms with E-state index >= 15 is 0 Å². The molecule has 0 radical (unpaired) electrons. The Balaban J connectivity index is 1.56. The maximum Gasteiger partial charge on any atom is 0.307 e. The summed E-state index contributed by atoms with van der Waals surface area (Å²) in [6, 6.07) is 14.2. The molecule has 0 aromatic carbocycles. The van der Waals surface area contributed by atoms with Gasteiger partial charge in [-0.05, 0) is 70.8 Å². The number of hydrogen-bond acceptors (Lipinski definition) is 7. The highest BCUT2D eigenvalue weighted by atomic mass is 32.1. The number of thiophene rings is 5. The van der Waals surface area contributed by atoms with Crippen molar-refractivity contribution in [1.29, 1.82) is 0 Å². The van der Waals surface area contributed by atoms with Crippen molar-refractivity contribution in [2.75, 3.05) is 0 Å². The number of aryl methyl sites for hydroxylation is 1. The van der Waals surface area contributed by atoms with Gasteiger partial charge in [-0.2, -0.15) is 0 Å². The van der Waals surface area contributed by atoms with Crippen molar-refractivity contribution < 1.29 is 19.8 Å². The van der Waals surface area contributed by atoms with Crippen LogP contribution in [0.5, 0.6) is 0 Å². The first-order valence-corrected chi connectivity index (χ1v) is 14.5. The summed E-state index contributed by atoms with van der Waals surface area (Å²) >= 11 is 8.11. The summed E-state index contributed by atoms with van der Waals surface area (Å²) in [5.74, 6) is -1.71. The summed E-state index contributed by atoms with van der Waals surface area (Å²) in [5, 5.41) is 23.0. The van der Waals surface area contributed by atoms with E-state index in [1.165, 1.54) is 5.56 Å². The van der Waals surface area contributed by atoms with Gasteiger partial charge in [-0.3, -0.25) is 9.59 Å². The predicted molar refractivity (Wildman–Crippen MR) is 145 cm³/mol. The third-order valence-electron chi connectivity index (χ3n) is 5.09. The number of carboxylic acid groups (broad SMARTS) is 2. The fourth-order valence-electron chi connectivity index (χ4n) is 3.67. The molecule has 0 aliphatic carbocycles. The normalized spacial score (nSPS) is 11.2. The van der Waals surface area contributed by atoms with Gasteiger partial charge in [0.15, 0.2) is 0 Å². The highest BCUT2D eigenvalue weighted by molar-refractivity contribution is 7.29. The molecule has 34 heavy (non-hydrogen) atoms. The SMILES string of the molecule is Cc1csc(-c2cc(CC(=O)O)c(-c3ccc(-c4sc(-c5cccs5)cc4CC(=O)O)s3)s2)c1. The largest absolute Gasteiger partial charge is 0.481 e. The molecule has 5 heterocycles. The van der Waals surface area contributed by atoms with E-state index in [9.17, 15) is 19.8 Å². The average molecular weight is 543 g/mol. The summed E-state index contributed by atoms with van der Waals surface area (Å²) in [5.41, 5.74) is 2.81. The molecule has 5 aromatic heterocycles. The van der Waals surface area contributed by atoms with Crippen LogP contribution in [0, 0.1) is 6.92 Å². The lowest BCUT2D eigenvalue weighted by Gasteiger charge is -1.99. The van der Waals surface area contributed by atoms with E-state index in [-0.39, 0.29) is 12.8 Å². The molecule has 0 fully saturated rings. The zero-order valence-electron chi connectivity index (χ0n) is 17.9. The molecule has 4 nitrogen and oxygen atoms in total. The van der Waals surface area contributed by atoms with Crippen LogP contribution in [-0.2, 0) is 22.4 Å². The molecule has 0 saturated heterocycles. The Labute approximate surface area is 216 Å². The quantitative estimate of drug-likeness (QED) is 0.207. The lowest BCUT2D eigenvalue weighted by atomic mass is 10.1. The average Bonchev–Trinajstić information content (AvgIpc) is 3.57. The molecule has 0 atom stereocenters. The number of hydrogen-bond donors (Lipinski definition) is 2. The van der Waals surface area contributed by atoms with Gasteiger partial charge in [-0.25, -0.2) is 0 Å². The maximum absolute atomic E-state index is 11.5. The molecule has 0 amide bonds. The van der Waals surface area contributed by atoms with E-state index in [0.29, 0.717) is 0 Å². The highest BCUT2D eigenvalue weighted by Crippen LogP contribution is 2.47. The van der Waals surface area contributed by atoms with Gasteiger partial charge in [0.1, 0.15) is 0 Å². The van der Waals surface area contributed by atoms with Crippen LogP contribution >= 0.6 is 56.7 Å². The number of carbonyl (C=O) groups is 2. The second-order valence-electron chi connectivity index (χ2n) is 7.70. The van der Waals surface area contributed by atoms with Gasteiger partial charge in [-0.1, -0.05) is 6.07 Å². The first kappa shape index (κ1) is 23.2. The van der Waals surface area contributed by atoms with Gasteiger partial charge in [0, 0.05) is 39.0 Å². The van der Waals surface area contributed by atoms with Crippen molar-refractivity contribution in [3.8, 4) is 39.0 Å². The molecule has 0 unspecified atom stereocenters. The molecule has 0 aliphatic heterocycles. The number of rotatable bonds is 8. The number of carboxylic acids is 2. The Bertz CT molecular complexity index is 1480. The molecule has 0 aliphatic rings. The van der Waals surface area contributed by atoms with Crippen LogP contribution in [-0.4, -0.2) is 22.2 Å². The lowest BCUT2D eigenvalue weighted by molar-refractivity contribution is -0.137. The van der Waals surface area contributed by atoms with Crippen molar-refractivity contribution in [2.45, 2.75) is 19.8 Å². The summed E-state index contributed by atoms with van der Waals surface area (Å²) < 4.78 is 0. The molecular formula is C25H18O4S5. The lowest BCUT2D eigenvalue weighted by Crippen LogP contribution is -1.99. The molecule has 0 saturated carbocycles. The standard InChI is InChI=1S/C25H18O4S5/c1-13-7-19(31-12-13)21-9-15(11-23(28)29)25(34-21)18-5-4-17(32-18)24-14(10-22(26)27)8-20(33-24)16-3-2-6-30-16/h2-9,12H,10-11H2,1H3,(H,26,27)(H,28,29). The topological polar surface area (TPSA) is 74.6 Å². The Morgan fingerprint density at radius 2 is 1.29 bits per heavy atom. The van der Waals surface area contributed by atoms with Crippen molar-refractivity contribution >= 4 is 68.6 Å². The van der Waals surface area contributed by atoms with Crippen LogP contribution in [0.4, 0.5) is 0 Å². The summed E-state index contributed by atoms with van der Waals surface area (Å²) in [6.07, 6.45) is -0.0647. The second-order valence-corrected chi connectivity index (χ2v) is 12.7. The van der Waals surface area contributed by atoms with Crippen LogP contribution in [0.2, 0.25) is 0 Å². The van der Waals surface area contributed by atoms with E-state index in [4.69, 9.17) is 0 Å². The molecule has 0 spiro atoms. The molecule has 9 heteroatoms. The van der Waals surface area contributed by atoms with E-state index in [1.54, 1.807) is 56.7 Å². The van der Waals surface area contributed by atoms with Crippen LogP contribution < -0.4 is 0 Å². The molecule has 5 rings (SSSR count). The van der Waals surface area contributed by atoms with Gasteiger partial charge < -0.3 is 10.2 Å². The minimum absolute atomic E-state index is 0.0322. The predicted octanol–water partition coefficient (Wildman–Crippen LogP) is 8.22. The van der Waals surface area contributed by atoms with Crippen molar-refractivity contribution in [2.24, 2.45) is 0 Å². The summed E-state index contributed by atoms with van der Waals surface area (Å²) in [6.45, 7) is 2.05. The molecular weight excluding hydrogens is 525 g/mol. The fraction of sp³-hybridized carbons (Fsp3) is 0.120. The van der Waals surface area contributed by atoms with E-state index < -0.39 is 11.9 Å².